The lowest BCUT2D eigenvalue weighted by atomic mass is 9.95. The summed E-state index contributed by atoms with van der Waals surface area (Å²) in [5.74, 6) is 1.58. The molecule has 0 aliphatic heterocycles. The molecule has 1 saturated carbocycles. The van der Waals surface area contributed by atoms with Crippen LogP contribution in [0.1, 0.15) is 44.6 Å². The summed E-state index contributed by atoms with van der Waals surface area (Å²) in [6.07, 6.45) is 6.70. The van der Waals surface area contributed by atoms with Crippen molar-refractivity contribution in [2.24, 2.45) is 0 Å². The van der Waals surface area contributed by atoms with Gasteiger partial charge in [0.15, 0.2) is 11.5 Å². The van der Waals surface area contributed by atoms with E-state index in [-0.39, 0.29) is 0 Å². The third-order valence-corrected chi connectivity index (χ3v) is 4.37. The van der Waals surface area contributed by atoms with Gasteiger partial charge in [-0.3, -0.25) is 0 Å². The smallest absolute Gasteiger partial charge is 0.175 e. The quantitative estimate of drug-likeness (QED) is 0.837. The Kier molecular flexibility index (Phi) is 6.17. The highest BCUT2D eigenvalue weighted by molar-refractivity contribution is 9.10. The molecule has 0 radical (unpaired) electrons. The largest absolute Gasteiger partial charge is 0.493 e. The third kappa shape index (κ3) is 4.13. The summed E-state index contributed by atoms with van der Waals surface area (Å²) in [7, 11) is 1.68. The van der Waals surface area contributed by atoms with Crippen molar-refractivity contribution in [3.63, 3.8) is 0 Å². The van der Waals surface area contributed by atoms with E-state index in [1.165, 1.54) is 37.7 Å². The maximum Gasteiger partial charge on any atom is 0.175 e. The van der Waals surface area contributed by atoms with Crippen LogP contribution in [0.15, 0.2) is 16.6 Å². The first-order chi connectivity index (χ1) is 9.74. The molecule has 2 rings (SSSR count). The van der Waals surface area contributed by atoms with Gasteiger partial charge < -0.3 is 14.8 Å². The fraction of sp³-hybridized carbons (Fsp3) is 0.625. The molecule has 0 heterocycles. The summed E-state index contributed by atoms with van der Waals surface area (Å²) >= 11 is 3.57. The molecular formula is C16H24BrNO2. The van der Waals surface area contributed by atoms with Gasteiger partial charge in [0, 0.05) is 12.6 Å². The molecule has 112 valence electrons. The molecule has 0 atom stereocenters. The van der Waals surface area contributed by atoms with Crippen LogP contribution in [0.3, 0.4) is 0 Å². The normalized spacial score (nSPS) is 16.1. The highest BCUT2D eigenvalue weighted by atomic mass is 79.9. The van der Waals surface area contributed by atoms with Gasteiger partial charge in [0.2, 0.25) is 0 Å². The van der Waals surface area contributed by atoms with Crippen LogP contribution in [0.25, 0.3) is 0 Å². The summed E-state index contributed by atoms with van der Waals surface area (Å²) in [6.45, 7) is 3.49. The molecule has 4 heteroatoms. The van der Waals surface area contributed by atoms with Crippen LogP contribution in [0, 0.1) is 0 Å². The molecule has 0 spiro atoms. The Hall–Kier alpha value is -0.740. The summed E-state index contributed by atoms with van der Waals surface area (Å²) in [4.78, 5) is 0. The summed E-state index contributed by atoms with van der Waals surface area (Å²) < 4.78 is 12.0. The van der Waals surface area contributed by atoms with Gasteiger partial charge in [-0.2, -0.15) is 0 Å². The van der Waals surface area contributed by atoms with E-state index in [1.807, 2.05) is 6.92 Å². The van der Waals surface area contributed by atoms with Gasteiger partial charge in [-0.25, -0.2) is 0 Å². The van der Waals surface area contributed by atoms with E-state index in [2.05, 4.69) is 33.4 Å². The number of hydrogen-bond acceptors (Lipinski definition) is 3. The number of halogens is 1. The first-order valence-electron chi connectivity index (χ1n) is 7.47. The van der Waals surface area contributed by atoms with Crippen molar-refractivity contribution in [2.75, 3.05) is 13.7 Å². The van der Waals surface area contributed by atoms with Crippen molar-refractivity contribution in [3.05, 3.63) is 22.2 Å². The van der Waals surface area contributed by atoms with Crippen LogP contribution in [0.2, 0.25) is 0 Å². The molecule has 0 unspecified atom stereocenters. The second-order valence-corrected chi connectivity index (χ2v) is 6.11. The number of rotatable bonds is 6. The first kappa shape index (κ1) is 15.6. The Labute approximate surface area is 130 Å². The summed E-state index contributed by atoms with van der Waals surface area (Å²) in [6, 6.07) is 4.84. The Morgan fingerprint density at radius 1 is 1.25 bits per heavy atom. The van der Waals surface area contributed by atoms with Crippen LogP contribution in [0.5, 0.6) is 11.5 Å². The molecular weight excluding hydrogens is 318 g/mol. The lowest BCUT2D eigenvalue weighted by Gasteiger charge is -2.23. The lowest BCUT2D eigenvalue weighted by Crippen LogP contribution is -2.30. The van der Waals surface area contributed by atoms with Gasteiger partial charge in [0.05, 0.1) is 18.2 Å². The average Bonchev–Trinajstić information content (AvgIpc) is 2.48. The zero-order chi connectivity index (χ0) is 14.4. The Morgan fingerprint density at radius 3 is 2.65 bits per heavy atom. The molecule has 1 fully saturated rings. The molecule has 0 saturated heterocycles. The van der Waals surface area contributed by atoms with Crippen LogP contribution in [-0.2, 0) is 6.54 Å². The van der Waals surface area contributed by atoms with Crippen molar-refractivity contribution in [1.82, 2.24) is 5.32 Å². The molecule has 1 aliphatic rings. The van der Waals surface area contributed by atoms with Crippen LogP contribution in [-0.4, -0.2) is 19.8 Å². The predicted molar refractivity (Wildman–Crippen MR) is 85.6 cm³/mol. The topological polar surface area (TPSA) is 30.5 Å². The second kappa shape index (κ2) is 7.89. The average molecular weight is 342 g/mol. The zero-order valence-electron chi connectivity index (χ0n) is 12.4. The molecule has 0 amide bonds. The Morgan fingerprint density at radius 2 is 2.00 bits per heavy atom. The molecule has 3 nitrogen and oxygen atoms in total. The highest BCUT2D eigenvalue weighted by Gasteiger charge is 2.14. The van der Waals surface area contributed by atoms with Gasteiger partial charge >= 0.3 is 0 Å². The van der Waals surface area contributed by atoms with Crippen molar-refractivity contribution in [2.45, 2.75) is 51.6 Å². The van der Waals surface area contributed by atoms with Crippen LogP contribution in [0.4, 0.5) is 0 Å². The fourth-order valence-electron chi connectivity index (χ4n) is 2.73. The number of benzene rings is 1. The lowest BCUT2D eigenvalue weighted by molar-refractivity contribution is 0.308. The van der Waals surface area contributed by atoms with Crippen LogP contribution >= 0.6 is 15.9 Å². The van der Waals surface area contributed by atoms with Gasteiger partial charge in [-0.15, -0.1) is 0 Å². The standard InChI is InChI=1S/C16H24BrNO2/c1-3-20-16-14(17)9-12(10-15(16)19-2)11-18-13-7-5-4-6-8-13/h9-10,13,18H,3-8,11H2,1-2H3. The zero-order valence-corrected chi connectivity index (χ0v) is 14.0. The van der Waals surface area contributed by atoms with E-state index in [4.69, 9.17) is 9.47 Å². The van der Waals surface area contributed by atoms with E-state index >= 15 is 0 Å². The predicted octanol–water partition coefficient (Wildman–Crippen LogP) is 4.28. The van der Waals surface area contributed by atoms with Crippen LogP contribution < -0.4 is 14.8 Å². The van der Waals surface area contributed by atoms with E-state index < -0.39 is 0 Å². The minimum atomic E-state index is 0.634. The maximum atomic E-state index is 5.62. The molecule has 1 aromatic carbocycles. The number of methoxy groups -OCH3 is 1. The van der Waals surface area contributed by atoms with Crippen molar-refractivity contribution < 1.29 is 9.47 Å². The fourth-order valence-corrected chi connectivity index (χ4v) is 3.33. The van der Waals surface area contributed by atoms with Crippen molar-refractivity contribution in [3.8, 4) is 11.5 Å². The molecule has 0 bridgehead atoms. The van der Waals surface area contributed by atoms with Crippen molar-refractivity contribution >= 4 is 15.9 Å². The van der Waals surface area contributed by atoms with E-state index in [9.17, 15) is 0 Å². The minimum Gasteiger partial charge on any atom is -0.493 e. The Balaban J connectivity index is 2.02. The molecule has 1 N–H and O–H groups in total. The second-order valence-electron chi connectivity index (χ2n) is 5.26. The number of nitrogens with one attached hydrogen (secondary N) is 1. The molecule has 0 aromatic heterocycles. The van der Waals surface area contributed by atoms with E-state index in [1.54, 1.807) is 7.11 Å². The third-order valence-electron chi connectivity index (χ3n) is 3.78. The molecule has 1 aliphatic carbocycles. The Bertz CT molecular complexity index is 431. The highest BCUT2D eigenvalue weighted by Crippen LogP contribution is 2.36. The summed E-state index contributed by atoms with van der Waals surface area (Å²) in [5, 5.41) is 3.65. The van der Waals surface area contributed by atoms with Crippen molar-refractivity contribution in [1.29, 1.82) is 0 Å². The number of ether oxygens (including phenoxy) is 2. The summed E-state index contributed by atoms with van der Waals surface area (Å²) in [5.41, 5.74) is 1.22. The SMILES string of the molecule is CCOc1c(Br)cc(CNC2CCCCC2)cc1OC. The maximum absolute atomic E-state index is 5.62. The molecule has 20 heavy (non-hydrogen) atoms. The van der Waals surface area contributed by atoms with Gasteiger partial charge in [-0.05, 0) is 53.4 Å². The monoisotopic (exact) mass is 341 g/mol. The van der Waals surface area contributed by atoms with E-state index in [0.717, 1.165) is 22.5 Å². The van der Waals surface area contributed by atoms with Gasteiger partial charge in [0.1, 0.15) is 0 Å². The van der Waals surface area contributed by atoms with Gasteiger partial charge in [-0.1, -0.05) is 19.3 Å². The number of hydrogen-bond donors (Lipinski definition) is 1. The van der Waals surface area contributed by atoms with Gasteiger partial charge in [0.25, 0.3) is 0 Å². The minimum absolute atomic E-state index is 0.634. The van der Waals surface area contributed by atoms with E-state index in [0.29, 0.717) is 12.6 Å². The first-order valence-corrected chi connectivity index (χ1v) is 8.26. The molecule has 1 aromatic rings.